The van der Waals surface area contributed by atoms with Crippen molar-refractivity contribution in [1.82, 2.24) is 0 Å². The van der Waals surface area contributed by atoms with Crippen molar-refractivity contribution in [2.45, 2.75) is 71.1 Å². The van der Waals surface area contributed by atoms with Gasteiger partial charge in [0.2, 0.25) is 5.92 Å². The molecule has 0 unspecified atom stereocenters. The lowest BCUT2D eigenvalue weighted by Crippen LogP contribution is -2.08. The molecule has 20 heavy (non-hydrogen) atoms. The van der Waals surface area contributed by atoms with Crippen LogP contribution in [0.3, 0.4) is 0 Å². The van der Waals surface area contributed by atoms with Crippen molar-refractivity contribution in [3.63, 3.8) is 0 Å². The van der Waals surface area contributed by atoms with Crippen LogP contribution >= 0.6 is 11.8 Å². The zero-order valence-electron chi connectivity index (χ0n) is 12.8. The molecule has 120 valence electrons. The number of carbonyl (C=O) groups excluding carboxylic acids is 1. The van der Waals surface area contributed by atoms with E-state index >= 15 is 0 Å². The Morgan fingerprint density at radius 1 is 1.10 bits per heavy atom. The van der Waals surface area contributed by atoms with Crippen LogP contribution in [-0.4, -0.2) is 30.0 Å². The minimum Gasteiger partial charge on any atom is -0.465 e. The van der Waals surface area contributed by atoms with Crippen molar-refractivity contribution in [2.24, 2.45) is 0 Å². The molecule has 0 fully saturated rings. The van der Waals surface area contributed by atoms with Crippen molar-refractivity contribution in [1.29, 1.82) is 0 Å². The SMILES string of the molecule is CCCCCC(=O)OCCSCCCCCC(C)(F)F. The first-order valence-corrected chi connectivity index (χ1v) is 8.72. The largest absolute Gasteiger partial charge is 0.465 e. The number of rotatable bonds is 13. The first-order valence-electron chi connectivity index (χ1n) is 7.57. The van der Waals surface area contributed by atoms with E-state index in [1.165, 1.54) is 0 Å². The summed E-state index contributed by atoms with van der Waals surface area (Å²) in [5, 5.41) is 0. The minimum absolute atomic E-state index is 0.0208. The Balaban J connectivity index is 3.18. The third-order valence-corrected chi connectivity index (χ3v) is 3.91. The summed E-state index contributed by atoms with van der Waals surface area (Å²) in [7, 11) is 0. The number of esters is 1. The molecule has 0 bridgehead atoms. The van der Waals surface area contributed by atoms with E-state index in [1.807, 2.05) is 0 Å². The predicted octanol–water partition coefficient (Wildman–Crippen LogP) is 5.06. The lowest BCUT2D eigenvalue weighted by molar-refractivity contribution is -0.143. The Morgan fingerprint density at radius 3 is 2.50 bits per heavy atom. The highest BCUT2D eigenvalue weighted by Crippen LogP contribution is 2.20. The molecule has 0 saturated carbocycles. The summed E-state index contributed by atoms with van der Waals surface area (Å²) in [5.41, 5.74) is 0. The van der Waals surface area contributed by atoms with Gasteiger partial charge in [0.1, 0.15) is 6.61 Å². The monoisotopic (exact) mass is 310 g/mol. The fourth-order valence-corrected chi connectivity index (χ4v) is 2.54. The van der Waals surface area contributed by atoms with Gasteiger partial charge in [0, 0.05) is 18.6 Å². The van der Waals surface area contributed by atoms with Crippen LogP contribution in [0.4, 0.5) is 8.78 Å². The van der Waals surface area contributed by atoms with Crippen molar-refractivity contribution >= 4 is 17.7 Å². The number of carbonyl (C=O) groups is 1. The molecule has 0 saturated heterocycles. The molecule has 0 atom stereocenters. The number of hydrogen-bond acceptors (Lipinski definition) is 3. The smallest absolute Gasteiger partial charge is 0.305 e. The highest BCUT2D eigenvalue weighted by atomic mass is 32.2. The van der Waals surface area contributed by atoms with Crippen LogP contribution in [0.5, 0.6) is 0 Å². The lowest BCUT2D eigenvalue weighted by Gasteiger charge is -2.09. The number of hydrogen-bond donors (Lipinski definition) is 0. The summed E-state index contributed by atoms with van der Waals surface area (Å²) < 4.78 is 30.2. The average Bonchev–Trinajstić information content (AvgIpc) is 2.36. The predicted molar refractivity (Wildman–Crippen MR) is 81.5 cm³/mol. The van der Waals surface area contributed by atoms with Crippen LogP contribution in [0, 0.1) is 0 Å². The van der Waals surface area contributed by atoms with Gasteiger partial charge in [0.05, 0.1) is 0 Å². The highest BCUT2D eigenvalue weighted by molar-refractivity contribution is 7.99. The van der Waals surface area contributed by atoms with Gasteiger partial charge in [-0.1, -0.05) is 26.2 Å². The summed E-state index contributed by atoms with van der Waals surface area (Å²) in [6.45, 7) is 3.53. The Labute approximate surface area is 126 Å². The van der Waals surface area contributed by atoms with Gasteiger partial charge in [-0.05, 0) is 31.9 Å². The number of unbranched alkanes of at least 4 members (excludes halogenated alkanes) is 4. The van der Waals surface area contributed by atoms with Gasteiger partial charge in [-0.25, -0.2) is 8.78 Å². The van der Waals surface area contributed by atoms with E-state index < -0.39 is 5.92 Å². The summed E-state index contributed by atoms with van der Waals surface area (Å²) in [6, 6.07) is 0. The van der Waals surface area contributed by atoms with E-state index in [1.54, 1.807) is 11.8 Å². The van der Waals surface area contributed by atoms with Gasteiger partial charge < -0.3 is 4.74 Å². The van der Waals surface area contributed by atoms with Gasteiger partial charge in [0.25, 0.3) is 0 Å². The third-order valence-electron chi connectivity index (χ3n) is 2.88. The van der Waals surface area contributed by atoms with Crippen molar-refractivity contribution in [2.75, 3.05) is 18.1 Å². The second-order valence-electron chi connectivity index (χ2n) is 5.17. The van der Waals surface area contributed by atoms with Crippen LogP contribution in [-0.2, 0) is 9.53 Å². The summed E-state index contributed by atoms with van der Waals surface area (Å²) in [6.07, 6.45) is 5.95. The summed E-state index contributed by atoms with van der Waals surface area (Å²) >= 11 is 1.72. The number of alkyl halides is 2. The Kier molecular flexibility index (Phi) is 12.2. The molecule has 0 aromatic heterocycles. The Bertz CT molecular complexity index is 243. The summed E-state index contributed by atoms with van der Waals surface area (Å²) in [4.78, 5) is 11.3. The number of thioether (sulfide) groups is 1. The fraction of sp³-hybridized carbons (Fsp3) is 0.933. The van der Waals surface area contributed by atoms with Crippen LogP contribution in [0.2, 0.25) is 0 Å². The van der Waals surface area contributed by atoms with Crippen LogP contribution in [0.15, 0.2) is 0 Å². The fourth-order valence-electron chi connectivity index (χ4n) is 1.72. The molecule has 0 radical (unpaired) electrons. The average molecular weight is 310 g/mol. The van der Waals surface area contributed by atoms with Crippen molar-refractivity contribution in [3.05, 3.63) is 0 Å². The molecule has 5 heteroatoms. The first kappa shape index (κ1) is 19.7. The topological polar surface area (TPSA) is 26.3 Å². The van der Waals surface area contributed by atoms with Crippen LogP contribution in [0.25, 0.3) is 0 Å². The van der Waals surface area contributed by atoms with Gasteiger partial charge in [-0.3, -0.25) is 4.79 Å². The van der Waals surface area contributed by atoms with E-state index in [-0.39, 0.29) is 12.4 Å². The van der Waals surface area contributed by atoms with Crippen LogP contribution in [0.1, 0.15) is 65.2 Å². The van der Waals surface area contributed by atoms with Gasteiger partial charge >= 0.3 is 5.97 Å². The molecule has 0 spiro atoms. The third kappa shape index (κ3) is 15.7. The second kappa shape index (κ2) is 12.4. The molecular formula is C15H28F2O2S. The molecule has 0 aliphatic carbocycles. The Hall–Kier alpha value is -0.320. The zero-order chi connectivity index (χ0) is 15.3. The molecule has 0 aliphatic heterocycles. The number of halogens is 2. The molecule has 0 amide bonds. The van der Waals surface area contributed by atoms with Crippen molar-refractivity contribution in [3.8, 4) is 0 Å². The maximum Gasteiger partial charge on any atom is 0.305 e. The quantitative estimate of drug-likeness (QED) is 0.351. The van der Waals surface area contributed by atoms with E-state index in [2.05, 4.69) is 6.92 Å². The molecule has 2 nitrogen and oxygen atoms in total. The zero-order valence-corrected chi connectivity index (χ0v) is 13.6. The van der Waals surface area contributed by atoms with Crippen LogP contribution < -0.4 is 0 Å². The van der Waals surface area contributed by atoms with Gasteiger partial charge in [-0.15, -0.1) is 0 Å². The summed E-state index contributed by atoms with van der Waals surface area (Å²) in [5.74, 6) is -0.894. The molecular weight excluding hydrogens is 282 g/mol. The standard InChI is InChI=1S/C15H28F2O2S/c1-3-4-6-9-14(18)19-11-13-20-12-8-5-7-10-15(2,16)17/h3-13H2,1-2H3. The molecule has 0 heterocycles. The first-order chi connectivity index (χ1) is 9.45. The second-order valence-corrected chi connectivity index (χ2v) is 6.40. The molecule has 0 aromatic rings. The molecule has 0 N–H and O–H groups in total. The van der Waals surface area contributed by atoms with E-state index in [4.69, 9.17) is 4.74 Å². The molecule has 0 aromatic carbocycles. The lowest BCUT2D eigenvalue weighted by atomic mass is 10.1. The van der Waals surface area contributed by atoms with E-state index in [0.29, 0.717) is 19.4 Å². The maximum absolute atomic E-state index is 12.5. The molecule has 0 rings (SSSR count). The molecule has 0 aliphatic rings. The van der Waals surface area contributed by atoms with Gasteiger partial charge in [-0.2, -0.15) is 11.8 Å². The van der Waals surface area contributed by atoms with E-state index in [0.717, 1.165) is 50.5 Å². The highest BCUT2D eigenvalue weighted by Gasteiger charge is 2.19. The van der Waals surface area contributed by atoms with E-state index in [9.17, 15) is 13.6 Å². The van der Waals surface area contributed by atoms with Gasteiger partial charge in [0.15, 0.2) is 0 Å². The normalized spacial score (nSPS) is 11.6. The Morgan fingerprint density at radius 2 is 1.85 bits per heavy atom. The minimum atomic E-state index is -2.53. The maximum atomic E-state index is 12.5. The van der Waals surface area contributed by atoms with Crippen molar-refractivity contribution < 1.29 is 18.3 Å². The number of ether oxygens (including phenoxy) is 1.